The van der Waals surface area contributed by atoms with Crippen LogP contribution < -0.4 is 5.73 Å². The smallest absolute Gasteiger partial charge is 0.329 e. The molecule has 0 aliphatic carbocycles. The van der Waals surface area contributed by atoms with E-state index in [1.54, 1.807) is 0 Å². The summed E-state index contributed by atoms with van der Waals surface area (Å²) in [4.78, 5) is 10.3. The summed E-state index contributed by atoms with van der Waals surface area (Å²) in [5, 5.41) is 8.36. The molecule has 66 valence electrons. The predicted molar refractivity (Wildman–Crippen MR) is 35.5 cm³/mol. The van der Waals surface area contributed by atoms with E-state index >= 15 is 0 Å². The van der Waals surface area contributed by atoms with E-state index in [0.717, 1.165) is 0 Å². The lowest BCUT2D eigenvalue weighted by Crippen LogP contribution is -2.59. The molecule has 0 aliphatic heterocycles. The van der Waals surface area contributed by atoms with Crippen molar-refractivity contribution in [3.8, 4) is 0 Å². The van der Waals surface area contributed by atoms with E-state index in [1.807, 2.05) is 0 Å². The van der Waals surface area contributed by atoms with Gasteiger partial charge in [-0.1, -0.05) is 6.92 Å². The zero-order valence-corrected chi connectivity index (χ0v) is 6.40. The zero-order valence-electron chi connectivity index (χ0n) is 6.40. The van der Waals surface area contributed by atoms with Gasteiger partial charge in [0.2, 0.25) is 0 Å². The first-order valence-corrected chi connectivity index (χ1v) is 3.16. The van der Waals surface area contributed by atoms with Gasteiger partial charge in [0.25, 0.3) is 5.92 Å². The first-order valence-electron chi connectivity index (χ1n) is 3.16. The first kappa shape index (κ1) is 10.3. The van der Waals surface area contributed by atoms with Crippen molar-refractivity contribution >= 4 is 5.97 Å². The summed E-state index contributed by atoms with van der Waals surface area (Å²) in [7, 11) is 0. The fourth-order valence-electron chi connectivity index (χ4n) is 0.649. The van der Waals surface area contributed by atoms with Gasteiger partial charge < -0.3 is 10.8 Å². The highest BCUT2D eigenvalue weighted by Gasteiger charge is 2.51. The van der Waals surface area contributed by atoms with Crippen LogP contribution in [-0.4, -0.2) is 22.5 Å². The van der Waals surface area contributed by atoms with Crippen molar-refractivity contribution in [3.63, 3.8) is 0 Å². The average Bonchev–Trinajstić information content (AvgIpc) is 1.83. The highest BCUT2D eigenvalue weighted by Crippen LogP contribution is 2.28. The van der Waals surface area contributed by atoms with Gasteiger partial charge in [0, 0.05) is 6.92 Å². The lowest BCUT2D eigenvalue weighted by atomic mass is 9.91. The zero-order chi connectivity index (χ0) is 9.28. The van der Waals surface area contributed by atoms with Crippen LogP contribution in [0.3, 0.4) is 0 Å². The molecule has 0 aliphatic rings. The van der Waals surface area contributed by atoms with Gasteiger partial charge in [-0.05, 0) is 6.42 Å². The molecule has 0 heterocycles. The Morgan fingerprint density at radius 1 is 1.64 bits per heavy atom. The molecule has 1 atom stereocenters. The van der Waals surface area contributed by atoms with Crippen LogP contribution in [0, 0.1) is 0 Å². The van der Waals surface area contributed by atoms with Crippen LogP contribution in [0.15, 0.2) is 0 Å². The maximum Gasteiger partial charge on any atom is 0.329 e. The van der Waals surface area contributed by atoms with Gasteiger partial charge in [0.1, 0.15) is 0 Å². The number of aliphatic carboxylic acids is 1. The molecule has 0 rings (SSSR count). The molecule has 0 saturated carbocycles. The van der Waals surface area contributed by atoms with Crippen LogP contribution in [0.4, 0.5) is 8.78 Å². The highest BCUT2D eigenvalue weighted by molar-refractivity contribution is 5.79. The van der Waals surface area contributed by atoms with Crippen LogP contribution >= 0.6 is 0 Å². The van der Waals surface area contributed by atoms with Crippen LogP contribution in [0.25, 0.3) is 0 Å². The lowest BCUT2D eigenvalue weighted by Gasteiger charge is -2.29. The molecule has 0 fully saturated rings. The second-order valence-corrected chi connectivity index (χ2v) is 2.52. The molecule has 3 nitrogen and oxygen atoms in total. The first-order chi connectivity index (χ1) is 4.75. The van der Waals surface area contributed by atoms with Gasteiger partial charge in [0.05, 0.1) is 0 Å². The molecule has 0 radical (unpaired) electrons. The number of carboxylic acid groups (broad SMARTS) is 1. The summed E-state index contributed by atoms with van der Waals surface area (Å²) in [6.45, 7) is 1.82. The molecule has 0 aromatic heterocycles. The molecular weight excluding hydrogens is 156 g/mol. The van der Waals surface area contributed by atoms with Crippen molar-refractivity contribution in [1.82, 2.24) is 0 Å². The topological polar surface area (TPSA) is 63.3 Å². The van der Waals surface area contributed by atoms with Crippen LogP contribution in [-0.2, 0) is 4.79 Å². The van der Waals surface area contributed by atoms with E-state index in [9.17, 15) is 13.6 Å². The van der Waals surface area contributed by atoms with Crippen LogP contribution in [0.5, 0.6) is 0 Å². The molecule has 1 unspecified atom stereocenters. The minimum atomic E-state index is -3.40. The molecule has 0 aromatic carbocycles. The highest BCUT2D eigenvalue weighted by atomic mass is 19.3. The third kappa shape index (κ3) is 1.65. The Morgan fingerprint density at radius 3 is 2.00 bits per heavy atom. The molecule has 3 N–H and O–H groups in total. The Labute approximate surface area is 63.2 Å². The molecule has 0 bridgehead atoms. The van der Waals surface area contributed by atoms with Crippen LogP contribution in [0.2, 0.25) is 0 Å². The van der Waals surface area contributed by atoms with Gasteiger partial charge in [-0.25, -0.2) is 13.6 Å². The molecule has 0 aromatic rings. The minimum absolute atomic E-state index is 0.300. The van der Waals surface area contributed by atoms with Crippen molar-refractivity contribution in [3.05, 3.63) is 0 Å². The SMILES string of the molecule is CCC(N)(C(=O)O)C(C)(F)F. The van der Waals surface area contributed by atoms with Gasteiger partial charge in [-0.3, -0.25) is 0 Å². The second-order valence-electron chi connectivity index (χ2n) is 2.52. The predicted octanol–water partition coefficient (Wildman–Crippen LogP) is 0.834. The third-order valence-corrected chi connectivity index (χ3v) is 1.72. The number of alkyl halides is 2. The van der Waals surface area contributed by atoms with E-state index in [4.69, 9.17) is 10.8 Å². The number of nitrogens with two attached hydrogens (primary N) is 1. The van der Waals surface area contributed by atoms with Crippen molar-refractivity contribution in [2.24, 2.45) is 5.73 Å². The molecule has 0 spiro atoms. The standard InChI is InChI=1S/C6H11F2NO2/c1-3-6(9,4(10)11)5(2,7)8/h3,9H2,1-2H3,(H,10,11). The maximum absolute atomic E-state index is 12.5. The van der Waals surface area contributed by atoms with Crippen molar-refractivity contribution in [2.45, 2.75) is 31.7 Å². The van der Waals surface area contributed by atoms with Crippen molar-refractivity contribution < 1.29 is 18.7 Å². The minimum Gasteiger partial charge on any atom is -0.480 e. The lowest BCUT2D eigenvalue weighted by molar-refractivity contribution is -0.159. The number of hydrogen-bond acceptors (Lipinski definition) is 2. The summed E-state index contributed by atoms with van der Waals surface area (Å²) < 4.78 is 25.0. The Bertz CT molecular complexity index is 166. The summed E-state index contributed by atoms with van der Waals surface area (Å²) >= 11 is 0. The molecular formula is C6H11F2NO2. The van der Waals surface area contributed by atoms with E-state index in [0.29, 0.717) is 6.92 Å². The Kier molecular flexibility index (Phi) is 2.55. The fraction of sp³-hybridized carbons (Fsp3) is 0.833. The number of carboxylic acids is 1. The van der Waals surface area contributed by atoms with Crippen LogP contribution in [0.1, 0.15) is 20.3 Å². The summed E-state index contributed by atoms with van der Waals surface area (Å²) in [5.41, 5.74) is 2.53. The van der Waals surface area contributed by atoms with Gasteiger partial charge >= 0.3 is 5.97 Å². The number of rotatable bonds is 3. The van der Waals surface area contributed by atoms with Gasteiger partial charge in [-0.15, -0.1) is 0 Å². The third-order valence-electron chi connectivity index (χ3n) is 1.72. The normalized spacial score (nSPS) is 17.5. The quantitative estimate of drug-likeness (QED) is 0.654. The number of hydrogen-bond donors (Lipinski definition) is 2. The molecule has 0 amide bonds. The number of carbonyl (C=O) groups is 1. The van der Waals surface area contributed by atoms with E-state index in [-0.39, 0.29) is 6.42 Å². The Hall–Kier alpha value is -0.710. The Balaban J connectivity index is 4.75. The largest absolute Gasteiger partial charge is 0.480 e. The summed E-state index contributed by atoms with van der Waals surface area (Å²) in [6, 6.07) is 0. The van der Waals surface area contributed by atoms with Crippen molar-refractivity contribution in [2.75, 3.05) is 0 Å². The summed E-state index contributed by atoms with van der Waals surface area (Å²) in [6.07, 6.45) is -0.300. The van der Waals surface area contributed by atoms with E-state index in [2.05, 4.69) is 0 Å². The molecule has 0 saturated heterocycles. The van der Waals surface area contributed by atoms with E-state index in [1.165, 1.54) is 6.92 Å². The maximum atomic E-state index is 12.5. The van der Waals surface area contributed by atoms with Gasteiger partial charge in [0.15, 0.2) is 5.54 Å². The van der Waals surface area contributed by atoms with E-state index < -0.39 is 17.4 Å². The molecule has 5 heteroatoms. The average molecular weight is 167 g/mol. The van der Waals surface area contributed by atoms with Crippen molar-refractivity contribution in [1.29, 1.82) is 0 Å². The molecule has 11 heavy (non-hydrogen) atoms. The summed E-state index contributed by atoms with van der Waals surface area (Å²) in [5.74, 6) is -5.07. The second kappa shape index (κ2) is 2.73. The fourth-order valence-corrected chi connectivity index (χ4v) is 0.649. The van der Waals surface area contributed by atoms with Gasteiger partial charge in [-0.2, -0.15) is 0 Å². The monoisotopic (exact) mass is 167 g/mol. The number of halogens is 2. The Morgan fingerprint density at radius 2 is 2.00 bits per heavy atom.